The zero-order valence-electron chi connectivity index (χ0n) is 7.85. The molecule has 0 aromatic rings. The van der Waals surface area contributed by atoms with E-state index in [1.165, 1.54) is 6.08 Å². The van der Waals surface area contributed by atoms with Gasteiger partial charge in [0, 0.05) is 0 Å². The number of β-amino-alcohol motifs (C(OH)–C–C–N with tert-alkyl or cyclic N) is 1. The van der Waals surface area contributed by atoms with E-state index < -0.39 is 6.67 Å². The minimum atomic E-state index is -0.634. The Morgan fingerprint density at radius 3 is 3.07 bits per heavy atom. The fraction of sp³-hybridized carbons (Fsp3) is 0.375. The molecular weight excluding hydrogens is 219 g/mol. The Morgan fingerprint density at radius 1 is 1.60 bits per heavy atom. The lowest BCUT2D eigenvalue weighted by Gasteiger charge is -2.24. The van der Waals surface area contributed by atoms with Crippen molar-refractivity contribution < 1.29 is 9.50 Å². The van der Waals surface area contributed by atoms with Crippen LogP contribution >= 0.6 is 12.6 Å². The molecule has 0 aromatic carbocycles. The van der Waals surface area contributed by atoms with Crippen molar-refractivity contribution in [3.63, 3.8) is 0 Å². The Hall–Kier alpha value is -1.18. The molecule has 1 radical (unpaired) electrons. The van der Waals surface area contributed by atoms with E-state index in [1.54, 1.807) is 16.2 Å². The minimum absolute atomic E-state index is 0.0147. The van der Waals surface area contributed by atoms with Gasteiger partial charge in [0.15, 0.2) is 5.82 Å². The number of alkyl halides is 1. The maximum Gasteiger partial charge on any atom is 0.167 e. The van der Waals surface area contributed by atoms with Crippen molar-refractivity contribution >= 4 is 18.3 Å². The van der Waals surface area contributed by atoms with E-state index in [0.29, 0.717) is 23.1 Å². The van der Waals surface area contributed by atoms with E-state index in [1.807, 2.05) is 0 Å². The molecule has 81 valence electrons. The molecular formula is C8H10FN4OS. The summed E-state index contributed by atoms with van der Waals surface area (Å²) in [6.07, 6.45) is 3.17. The molecule has 2 heterocycles. The zero-order chi connectivity index (χ0) is 10.8. The van der Waals surface area contributed by atoms with Crippen molar-refractivity contribution in [1.82, 2.24) is 15.6 Å². The molecule has 0 atom stereocenters. The van der Waals surface area contributed by atoms with E-state index in [4.69, 9.17) is 17.7 Å². The quantitative estimate of drug-likeness (QED) is 0.729. The number of aliphatic hydroxyl groups excluding tert-OH is 1. The van der Waals surface area contributed by atoms with Gasteiger partial charge in [-0.15, -0.1) is 5.53 Å². The van der Waals surface area contributed by atoms with Gasteiger partial charge >= 0.3 is 0 Å². The van der Waals surface area contributed by atoms with E-state index in [0.717, 1.165) is 0 Å². The van der Waals surface area contributed by atoms with Crippen molar-refractivity contribution in [2.24, 2.45) is 4.99 Å². The van der Waals surface area contributed by atoms with Crippen LogP contribution in [0.2, 0.25) is 0 Å². The number of allylic oxidation sites excluding steroid dienone is 1. The highest BCUT2D eigenvalue weighted by Gasteiger charge is 2.25. The van der Waals surface area contributed by atoms with E-state index in [9.17, 15) is 4.39 Å². The summed E-state index contributed by atoms with van der Waals surface area (Å²) < 4.78 is 12.4. The second-order valence-electron chi connectivity index (χ2n) is 3.06. The number of aliphatic hydroxyl groups is 1. The molecule has 0 saturated heterocycles. The average Bonchev–Trinajstić information content (AvgIpc) is 2.61. The third kappa shape index (κ3) is 1.94. The van der Waals surface area contributed by atoms with Gasteiger partial charge in [0.2, 0.25) is 0 Å². The lowest BCUT2D eigenvalue weighted by molar-refractivity contribution is 0.137. The molecule has 5 nitrogen and oxygen atoms in total. The van der Waals surface area contributed by atoms with Crippen molar-refractivity contribution in [3.8, 4) is 0 Å². The van der Waals surface area contributed by atoms with Crippen molar-refractivity contribution in [2.45, 2.75) is 0 Å². The minimum Gasteiger partial charge on any atom is -0.394 e. The highest BCUT2D eigenvalue weighted by molar-refractivity contribution is 7.84. The van der Waals surface area contributed by atoms with Gasteiger partial charge in [-0.25, -0.2) is 14.4 Å². The van der Waals surface area contributed by atoms with Crippen LogP contribution in [0.5, 0.6) is 0 Å². The number of rotatable bonds is 3. The highest BCUT2D eigenvalue weighted by Crippen LogP contribution is 2.24. The number of hydrazine groups is 2. The molecule has 0 spiro atoms. The molecule has 7 heteroatoms. The molecule has 0 bridgehead atoms. The first-order valence-electron chi connectivity index (χ1n) is 4.42. The normalized spacial score (nSPS) is 19.7. The van der Waals surface area contributed by atoms with E-state index in [-0.39, 0.29) is 6.61 Å². The first-order chi connectivity index (χ1) is 7.24. The van der Waals surface area contributed by atoms with Gasteiger partial charge in [0.05, 0.1) is 25.1 Å². The number of nitrogens with zero attached hydrogens (tertiary/aromatic N) is 3. The third-order valence-corrected chi connectivity index (χ3v) is 2.28. The predicted octanol–water partition coefficient (Wildman–Crippen LogP) is 0.278. The Labute approximate surface area is 91.9 Å². The molecule has 0 fully saturated rings. The number of fused-ring (bicyclic) bond motifs is 1. The van der Waals surface area contributed by atoms with Gasteiger partial charge < -0.3 is 5.11 Å². The van der Waals surface area contributed by atoms with Crippen LogP contribution in [0.3, 0.4) is 0 Å². The number of halogens is 1. The zero-order valence-corrected chi connectivity index (χ0v) is 8.67. The van der Waals surface area contributed by atoms with E-state index >= 15 is 0 Å². The van der Waals surface area contributed by atoms with Gasteiger partial charge in [0.25, 0.3) is 0 Å². The number of hydrogen-bond acceptors (Lipinski definition) is 5. The van der Waals surface area contributed by atoms with Crippen LogP contribution < -0.4 is 5.53 Å². The first-order valence-corrected chi connectivity index (χ1v) is 4.83. The van der Waals surface area contributed by atoms with Crippen molar-refractivity contribution in [3.05, 3.63) is 23.1 Å². The van der Waals surface area contributed by atoms with E-state index in [2.05, 4.69) is 10.5 Å². The molecule has 0 saturated carbocycles. The fourth-order valence-corrected chi connectivity index (χ4v) is 1.59. The summed E-state index contributed by atoms with van der Waals surface area (Å²) in [5.74, 6) is 0.545. The molecule has 2 N–H and O–H groups in total. The number of hydrogen-bond donors (Lipinski definition) is 2. The highest BCUT2D eigenvalue weighted by atomic mass is 32.1. The smallest absolute Gasteiger partial charge is 0.167 e. The number of aliphatic imine (C=N–C) groups is 1. The predicted molar refractivity (Wildman–Crippen MR) is 55.9 cm³/mol. The summed E-state index contributed by atoms with van der Waals surface area (Å²) in [4.78, 5) is 4.05. The summed E-state index contributed by atoms with van der Waals surface area (Å²) in [6, 6.07) is 0. The standard InChI is InChI=1S/C8H10FN4OS/c9-4-6-3-8(15)13-7(10-6)5-12(11-13)1-2-14/h3,5,11,14H,1-2,4H2. The summed E-state index contributed by atoms with van der Waals surface area (Å²) in [5.41, 5.74) is 3.22. The van der Waals surface area contributed by atoms with Crippen LogP contribution in [0, 0.1) is 0 Å². The molecule has 0 aromatic heterocycles. The lowest BCUT2D eigenvalue weighted by atomic mass is 10.3. The van der Waals surface area contributed by atoms with Crippen LogP contribution in [0.15, 0.2) is 28.1 Å². The Bertz CT molecular complexity index is 355. The van der Waals surface area contributed by atoms with Gasteiger partial charge in [0.1, 0.15) is 11.7 Å². The van der Waals surface area contributed by atoms with Crippen LogP contribution in [0.1, 0.15) is 0 Å². The van der Waals surface area contributed by atoms with Crippen LogP contribution in [-0.4, -0.2) is 40.7 Å². The maximum atomic E-state index is 12.4. The van der Waals surface area contributed by atoms with Crippen molar-refractivity contribution in [2.75, 3.05) is 19.8 Å². The molecule has 0 unspecified atom stereocenters. The molecule has 2 aliphatic rings. The number of nitrogens with one attached hydrogen (secondary N) is 1. The van der Waals surface area contributed by atoms with Crippen LogP contribution in [0.4, 0.5) is 4.39 Å². The fourth-order valence-electron chi connectivity index (χ4n) is 1.32. The van der Waals surface area contributed by atoms with Crippen LogP contribution in [-0.2, 0) is 0 Å². The summed E-state index contributed by atoms with van der Waals surface area (Å²) >= 11 is 5.05. The van der Waals surface area contributed by atoms with Gasteiger partial charge in [-0.3, -0.25) is 5.01 Å². The summed E-state index contributed by atoms with van der Waals surface area (Å²) in [7, 11) is 0. The topological polar surface area (TPSA) is 51.1 Å². The molecule has 0 amide bonds. The van der Waals surface area contributed by atoms with Gasteiger partial charge in [-0.05, 0) is 6.08 Å². The molecule has 2 rings (SSSR count). The summed E-state index contributed by atoms with van der Waals surface area (Å²) in [6.45, 7) is -0.199. The second-order valence-corrected chi connectivity index (χ2v) is 3.48. The van der Waals surface area contributed by atoms with Gasteiger partial charge in [-0.2, -0.15) is 0 Å². The Balaban J connectivity index is 2.19. The molecule has 2 aliphatic heterocycles. The van der Waals surface area contributed by atoms with Gasteiger partial charge in [-0.1, -0.05) is 12.6 Å². The largest absolute Gasteiger partial charge is 0.394 e. The average molecular weight is 229 g/mol. The Morgan fingerprint density at radius 2 is 2.40 bits per heavy atom. The molecule has 0 aliphatic carbocycles. The SMILES string of the molecule is OCCN1C=C2N=C(CF)C=C([S])N2N1. The monoisotopic (exact) mass is 229 g/mol. The first kappa shape index (κ1) is 10.3. The maximum absolute atomic E-state index is 12.4. The summed E-state index contributed by atoms with van der Waals surface area (Å²) in [5, 5.41) is 12.4. The Kier molecular flexibility index (Phi) is 2.85. The third-order valence-electron chi connectivity index (χ3n) is 1.98. The lowest BCUT2D eigenvalue weighted by Crippen LogP contribution is -2.41. The van der Waals surface area contributed by atoms with Crippen molar-refractivity contribution in [1.29, 1.82) is 0 Å². The van der Waals surface area contributed by atoms with Crippen LogP contribution in [0.25, 0.3) is 0 Å². The second kappa shape index (κ2) is 4.13. The molecule has 15 heavy (non-hydrogen) atoms.